The van der Waals surface area contributed by atoms with Crippen molar-refractivity contribution in [1.29, 1.82) is 0 Å². The van der Waals surface area contributed by atoms with Crippen molar-refractivity contribution >= 4 is 40.4 Å². The third-order valence-corrected chi connectivity index (χ3v) is 2.39. The highest BCUT2D eigenvalue weighted by Gasteiger charge is 2.05. The normalized spacial score (nSPS) is 9.81. The maximum atomic E-state index is 10.6. The number of nitrogens with two attached hydrogens (primary N) is 2. The average Bonchev–Trinajstić information content (AvgIpc) is 2.16. The van der Waals surface area contributed by atoms with Gasteiger partial charge in [0.1, 0.15) is 4.99 Å². The summed E-state index contributed by atoms with van der Waals surface area (Å²) in [6.45, 7) is 0.422. The van der Waals surface area contributed by atoms with E-state index >= 15 is 0 Å². The Morgan fingerprint density at radius 2 is 2.12 bits per heavy atom. The molecule has 4 nitrogen and oxygen atoms in total. The van der Waals surface area contributed by atoms with Gasteiger partial charge in [0.25, 0.3) is 0 Å². The lowest BCUT2D eigenvalue weighted by molar-refractivity contribution is -0.117. The Labute approximate surface area is 104 Å². The third-order valence-electron chi connectivity index (χ3n) is 1.93. The molecule has 0 atom stereocenters. The van der Waals surface area contributed by atoms with Gasteiger partial charge < -0.3 is 16.8 Å². The number of amides is 1. The summed E-state index contributed by atoms with van der Waals surface area (Å²) in [4.78, 5) is 10.9. The number of hydrogen-bond acceptors (Lipinski definition) is 3. The molecule has 0 fully saturated rings. The number of rotatable bonds is 5. The van der Waals surface area contributed by atoms with Gasteiger partial charge in [-0.2, -0.15) is 0 Å². The molecule has 0 unspecified atom stereocenters. The number of thiocarbonyl (C=S) groups is 1. The van der Waals surface area contributed by atoms with Gasteiger partial charge >= 0.3 is 0 Å². The van der Waals surface area contributed by atoms with Crippen LogP contribution in [0.5, 0.6) is 0 Å². The first-order chi connectivity index (χ1) is 7.50. The van der Waals surface area contributed by atoms with Crippen molar-refractivity contribution in [3.63, 3.8) is 0 Å². The van der Waals surface area contributed by atoms with Gasteiger partial charge in [0.2, 0.25) is 5.91 Å². The number of carbonyl (C=O) groups is 1. The highest BCUT2D eigenvalue weighted by molar-refractivity contribution is 7.80. The molecule has 0 radical (unpaired) electrons. The van der Waals surface area contributed by atoms with Crippen LogP contribution in [0.15, 0.2) is 18.2 Å². The number of halogens is 1. The predicted octanol–water partition coefficient (Wildman–Crippen LogP) is 1.26. The van der Waals surface area contributed by atoms with E-state index in [1.165, 1.54) is 0 Å². The number of primary amides is 1. The zero-order valence-electron chi connectivity index (χ0n) is 8.50. The second kappa shape index (κ2) is 5.67. The van der Waals surface area contributed by atoms with E-state index in [1.807, 2.05) is 0 Å². The molecule has 0 bridgehead atoms. The Kier molecular flexibility index (Phi) is 4.52. The molecule has 1 aromatic carbocycles. The van der Waals surface area contributed by atoms with Crippen molar-refractivity contribution in [2.24, 2.45) is 11.5 Å². The quantitative estimate of drug-likeness (QED) is 0.694. The Bertz CT molecular complexity index is 423. The Hall–Kier alpha value is -1.33. The molecular formula is C10H12ClN3OS. The fourth-order valence-corrected chi connectivity index (χ4v) is 1.55. The smallest absolute Gasteiger partial charge is 0.219 e. The molecule has 5 N–H and O–H groups in total. The van der Waals surface area contributed by atoms with Gasteiger partial charge in [0.05, 0.1) is 0 Å². The zero-order valence-corrected chi connectivity index (χ0v) is 10.1. The molecule has 16 heavy (non-hydrogen) atoms. The fourth-order valence-electron chi connectivity index (χ4n) is 1.20. The maximum absolute atomic E-state index is 10.6. The van der Waals surface area contributed by atoms with Gasteiger partial charge in [-0.1, -0.05) is 23.8 Å². The van der Waals surface area contributed by atoms with E-state index in [0.717, 1.165) is 0 Å². The van der Waals surface area contributed by atoms with Gasteiger partial charge in [-0.3, -0.25) is 4.79 Å². The molecule has 1 rings (SSSR count). The summed E-state index contributed by atoms with van der Waals surface area (Å²) in [7, 11) is 0. The van der Waals surface area contributed by atoms with Crippen LogP contribution < -0.4 is 16.8 Å². The minimum atomic E-state index is -0.369. The lowest BCUT2D eigenvalue weighted by atomic mass is 10.1. The van der Waals surface area contributed by atoms with Gasteiger partial charge in [-0.25, -0.2) is 0 Å². The van der Waals surface area contributed by atoms with Crippen molar-refractivity contribution in [3.05, 3.63) is 28.8 Å². The standard InChI is InChI=1S/C10H12ClN3OS/c11-6-1-2-7(10(13)16)8(5-6)14-4-3-9(12)15/h1-2,5,14H,3-4H2,(H2,12,15)(H2,13,16). The van der Waals surface area contributed by atoms with Gasteiger partial charge in [-0.05, 0) is 18.2 Å². The minimum absolute atomic E-state index is 0.239. The number of anilines is 1. The summed E-state index contributed by atoms with van der Waals surface area (Å²) in [5, 5.41) is 3.58. The predicted molar refractivity (Wildman–Crippen MR) is 69.6 cm³/mol. The number of carbonyl (C=O) groups excluding carboxylic acids is 1. The second-order valence-electron chi connectivity index (χ2n) is 3.20. The number of benzene rings is 1. The molecule has 1 amide bonds. The molecule has 0 saturated heterocycles. The van der Waals surface area contributed by atoms with Crippen LogP contribution in [0.4, 0.5) is 5.69 Å². The van der Waals surface area contributed by atoms with Crippen molar-refractivity contribution in [3.8, 4) is 0 Å². The number of hydrogen-bond donors (Lipinski definition) is 3. The van der Waals surface area contributed by atoms with Crippen LogP contribution in [-0.4, -0.2) is 17.4 Å². The van der Waals surface area contributed by atoms with Crippen molar-refractivity contribution in [2.75, 3.05) is 11.9 Å². The molecule has 0 heterocycles. The summed E-state index contributed by atoms with van der Waals surface area (Å²) < 4.78 is 0. The summed E-state index contributed by atoms with van der Waals surface area (Å²) in [5.74, 6) is -0.369. The first kappa shape index (κ1) is 12.7. The summed E-state index contributed by atoms with van der Waals surface area (Å²) >= 11 is 10.7. The SMILES string of the molecule is NC(=O)CCNc1cc(Cl)ccc1C(N)=S. The maximum Gasteiger partial charge on any atom is 0.219 e. The molecule has 0 aliphatic rings. The van der Waals surface area contributed by atoms with Crippen LogP contribution >= 0.6 is 23.8 Å². The lowest BCUT2D eigenvalue weighted by Crippen LogP contribution is -2.18. The van der Waals surface area contributed by atoms with Crippen LogP contribution in [0.1, 0.15) is 12.0 Å². The molecule has 0 aliphatic carbocycles. The molecular weight excluding hydrogens is 246 g/mol. The minimum Gasteiger partial charge on any atom is -0.389 e. The van der Waals surface area contributed by atoms with E-state index in [-0.39, 0.29) is 17.3 Å². The van der Waals surface area contributed by atoms with Crippen molar-refractivity contribution in [2.45, 2.75) is 6.42 Å². The van der Waals surface area contributed by atoms with E-state index < -0.39 is 0 Å². The third kappa shape index (κ3) is 3.67. The van der Waals surface area contributed by atoms with E-state index in [0.29, 0.717) is 22.8 Å². The van der Waals surface area contributed by atoms with Crippen LogP contribution in [0, 0.1) is 0 Å². The number of nitrogens with one attached hydrogen (secondary N) is 1. The summed E-state index contributed by atoms with van der Waals surface area (Å²) in [6.07, 6.45) is 0.239. The molecule has 0 aliphatic heterocycles. The van der Waals surface area contributed by atoms with E-state index in [4.69, 9.17) is 35.3 Å². The molecule has 1 aromatic rings. The van der Waals surface area contributed by atoms with Crippen molar-refractivity contribution in [1.82, 2.24) is 0 Å². The van der Waals surface area contributed by atoms with E-state index in [2.05, 4.69) is 5.32 Å². The van der Waals surface area contributed by atoms with Gasteiger partial charge in [0, 0.05) is 29.2 Å². The van der Waals surface area contributed by atoms with Crippen LogP contribution in [0.3, 0.4) is 0 Å². The molecule has 6 heteroatoms. The molecule has 0 saturated carbocycles. The molecule has 0 aromatic heterocycles. The van der Waals surface area contributed by atoms with Crippen LogP contribution in [0.25, 0.3) is 0 Å². The molecule has 86 valence electrons. The first-order valence-corrected chi connectivity index (χ1v) is 5.41. The zero-order chi connectivity index (χ0) is 12.1. The van der Waals surface area contributed by atoms with E-state index in [1.54, 1.807) is 18.2 Å². The lowest BCUT2D eigenvalue weighted by Gasteiger charge is -2.10. The summed E-state index contributed by atoms with van der Waals surface area (Å²) in [5.41, 5.74) is 12.0. The van der Waals surface area contributed by atoms with Crippen molar-refractivity contribution < 1.29 is 4.79 Å². The topological polar surface area (TPSA) is 81.1 Å². The monoisotopic (exact) mass is 257 g/mol. The van der Waals surface area contributed by atoms with E-state index in [9.17, 15) is 4.79 Å². The van der Waals surface area contributed by atoms with Gasteiger partial charge in [-0.15, -0.1) is 0 Å². The average molecular weight is 258 g/mol. The molecule has 0 spiro atoms. The Balaban J connectivity index is 2.80. The van der Waals surface area contributed by atoms with Crippen LogP contribution in [-0.2, 0) is 4.79 Å². The summed E-state index contributed by atoms with van der Waals surface area (Å²) in [6, 6.07) is 5.14. The highest BCUT2D eigenvalue weighted by atomic mass is 35.5. The van der Waals surface area contributed by atoms with Crippen LogP contribution in [0.2, 0.25) is 5.02 Å². The Morgan fingerprint density at radius 3 is 2.69 bits per heavy atom. The Morgan fingerprint density at radius 1 is 1.44 bits per heavy atom. The fraction of sp³-hybridized carbons (Fsp3) is 0.200. The largest absolute Gasteiger partial charge is 0.389 e. The second-order valence-corrected chi connectivity index (χ2v) is 4.07. The van der Waals surface area contributed by atoms with Gasteiger partial charge in [0.15, 0.2) is 0 Å². The first-order valence-electron chi connectivity index (χ1n) is 4.62. The highest BCUT2D eigenvalue weighted by Crippen LogP contribution is 2.20.